The van der Waals surface area contributed by atoms with Crippen molar-refractivity contribution < 1.29 is 41.1 Å². The minimum Gasteiger partial charge on any atom is -0.456 e. The Labute approximate surface area is 253 Å². The van der Waals surface area contributed by atoms with Crippen LogP contribution in [0.2, 0.25) is 0 Å². The van der Waals surface area contributed by atoms with Crippen LogP contribution in [0, 0.1) is 18.6 Å². The lowest BCUT2D eigenvalue weighted by atomic mass is 9.97. The molecule has 2 aromatic heterocycles. The molecule has 2 aromatic carbocycles. The first-order valence-electron chi connectivity index (χ1n) is 13.9. The number of hydrogen-bond acceptors (Lipinski definition) is 6. The number of nitrogens with one attached hydrogen (secondary N) is 2. The molecule has 1 atom stereocenters. The molecule has 14 heteroatoms. The molecule has 2 N–H and O–H groups in total. The van der Waals surface area contributed by atoms with Crippen molar-refractivity contribution in [1.29, 1.82) is 0 Å². The van der Waals surface area contributed by atoms with Crippen LogP contribution in [0.25, 0.3) is 5.65 Å². The highest BCUT2D eigenvalue weighted by Crippen LogP contribution is 2.35. The van der Waals surface area contributed by atoms with E-state index < -0.39 is 76.3 Å². The van der Waals surface area contributed by atoms with Gasteiger partial charge in [-0.15, -0.1) is 0 Å². The Morgan fingerprint density at radius 3 is 2.44 bits per heavy atom. The van der Waals surface area contributed by atoms with E-state index in [9.17, 15) is 36.3 Å². The van der Waals surface area contributed by atoms with Gasteiger partial charge < -0.3 is 15.4 Å². The van der Waals surface area contributed by atoms with Crippen molar-refractivity contribution in [2.45, 2.75) is 64.9 Å². The van der Waals surface area contributed by atoms with Crippen LogP contribution in [-0.2, 0) is 23.9 Å². The molecule has 45 heavy (non-hydrogen) atoms. The molecule has 2 amide bonds. The molecule has 0 aliphatic heterocycles. The number of carbonyl (C=O) groups is 3. The van der Waals surface area contributed by atoms with Crippen LogP contribution in [0.4, 0.5) is 22.0 Å². The van der Waals surface area contributed by atoms with Crippen molar-refractivity contribution in [2.24, 2.45) is 0 Å². The van der Waals surface area contributed by atoms with Gasteiger partial charge in [0.25, 0.3) is 11.8 Å². The minimum atomic E-state index is -4.72. The number of ether oxygens (including phenoxy) is 1. The summed E-state index contributed by atoms with van der Waals surface area (Å²) in [6, 6.07) is 5.73. The summed E-state index contributed by atoms with van der Waals surface area (Å²) in [4.78, 5) is 43.1. The topological polar surface area (TPSA) is 115 Å². The Hall–Kier alpha value is -4.88. The molecule has 0 unspecified atom stereocenters. The molecule has 0 spiro atoms. The van der Waals surface area contributed by atoms with Crippen molar-refractivity contribution >= 4 is 23.4 Å². The molecule has 4 aromatic rings. The third-order valence-electron chi connectivity index (χ3n) is 7.32. The lowest BCUT2D eigenvalue weighted by molar-refractivity contribution is -0.137. The van der Waals surface area contributed by atoms with Gasteiger partial charge in [-0.3, -0.25) is 9.59 Å². The summed E-state index contributed by atoms with van der Waals surface area (Å²) in [5.74, 6) is -4.06. The van der Waals surface area contributed by atoms with Crippen LogP contribution in [0.1, 0.15) is 92.4 Å². The van der Waals surface area contributed by atoms with E-state index in [-0.39, 0.29) is 5.69 Å². The molecular formula is C31H28F5N5O4. The molecule has 1 aliphatic carbocycles. The largest absolute Gasteiger partial charge is 0.456 e. The van der Waals surface area contributed by atoms with E-state index in [1.165, 1.54) is 0 Å². The van der Waals surface area contributed by atoms with Gasteiger partial charge >= 0.3 is 12.1 Å². The fourth-order valence-electron chi connectivity index (χ4n) is 5.18. The fourth-order valence-corrected chi connectivity index (χ4v) is 5.18. The second-order valence-electron chi connectivity index (χ2n) is 11.6. The average Bonchev–Trinajstić information content (AvgIpc) is 3.54. The summed E-state index contributed by atoms with van der Waals surface area (Å²) in [6.45, 7) is 6.48. The number of carbonyl (C=O) groups excluding carboxylic acids is 3. The van der Waals surface area contributed by atoms with Gasteiger partial charge in [0, 0.05) is 18.2 Å². The highest BCUT2D eigenvalue weighted by molar-refractivity contribution is 5.98. The Morgan fingerprint density at radius 2 is 1.76 bits per heavy atom. The molecule has 0 radical (unpaired) electrons. The number of esters is 1. The maximum Gasteiger partial charge on any atom is 0.416 e. The van der Waals surface area contributed by atoms with E-state index in [2.05, 4.69) is 20.7 Å². The summed E-state index contributed by atoms with van der Waals surface area (Å²) in [5.41, 5.74) is -0.515. The van der Waals surface area contributed by atoms with Crippen LogP contribution >= 0.6 is 0 Å². The molecule has 0 saturated heterocycles. The third kappa shape index (κ3) is 6.49. The van der Waals surface area contributed by atoms with E-state index in [1.807, 2.05) is 0 Å². The van der Waals surface area contributed by atoms with Crippen LogP contribution in [0.5, 0.6) is 0 Å². The van der Waals surface area contributed by atoms with Crippen molar-refractivity contribution in [1.82, 2.24) is 25.2 Å². The molecule has 0 saturated carbocycles. The zero-order chi connectivity index (χ0) is 32.8. The predicted molar refractivity (Wildman–Crippen MR) is 150 cm³/mol. The van der Waals surface area contributed by atoms with E-state index >= 15 is 0 Å². The van der Waals surface area contributed by atoms with Crippen molar-refractivity contribution in [3.05, 3.63) is 99.0 Å². The van der Waals surface area contributed by atoms with E-state index in [0.717, 1.165) is 33.5 Å². The zero-order valence-electron chi connectivity index (χ0n) is 24.6. The second-order valence-corrected chi connectivity index (χ2v) is 11.6. The standard InChI is InChI=1S/C31H28F5N5O4/c1-15-18-8-10-23(20(18)7-6-19(15)29(44)45-30(2,3)4)40-28(43)25-12-24(39-26-22(33)14-38-41(25)26)27(42)37-13-16-11-17(31(34,35)36)5-9-21(16)32/h5-7,9,11-12,14,23H,8,10,13H2,1-4H3,(H,37,42)(H,40,43)/t23-/m0/s1. The number of benzene rings is 2. The monoisotopic (exact) mass is 629 g/mol. The van der Waals surface area contributed by atoms with Gasteiger partial charge in [0.1, 0.15) is 22.8 Å². The molecule has 0 bridgehead atoms. The van der Waals surface area contributed by atoms with Crippen molar-refractivity contribution in [3.8, 4) is 0 Å². The van der Waals surface area contributed by atoms with Crippen molar-refractivity contribution in [2.75, 3.05) is 0 Å². The number of halogens is 5. The van der Waals surface area contributed by atoms with Gasteiger partial charge in [-0.05, 0) is 81.5 Å². The molecular weight excluding hydrogens is 601 g/mol. The number of alkyl halides is 3. The molecule has 1 aliphatic rings. The SMILES string of the molecule is Cc1c(C(=O)OC(C)(C)C)ccc2c1CC[C@@H]2NC(=O)c1cc(C(=O)NCc2cc(C(F)(F)F)ccc2F)nc2c(F)cnn12. The van der Waals surface area contributed by atoms with E-state index in [1.54, 1.807) is 39.8 Å². The Kier molecular flexibility index (Phi) is 8.10. The van der Waals surface area contributed by atoms with Gasteiger partial charge in [0.2, 0.25) is 0 Å². The maximum atomic E-state index is 14.5. The summed E-state index contributed by atoms with van der Waals surface area (Å²) >= 11 is 0. The molecule has 2 heterocycles. The molecule has 9 nitrogen and oxygen atoms in total. The summed E-state index contributed by atoms with van der Waals surface area (Å²) < 4.78 is 74.4. The first kappa shape index (κ1) is 31.5. The van der Waals surface area contributed by atoms with Crippen LogP contribution in [-0.4, -0.2) is 38.0 Å². The minimum absolute atomic E-state index is 0.241. The fraction of sp³-hybridized carbons (Fsp3) is 0.323. The first-order valence-corrected chi connectivity index (χ1v) is 13.9. The normalized spacial score (nSPS) is 14.7. The Bertz CT molecular complexity index is 1840. The highest BCUT2D eigenvalue weighted by Gasteiger charge is 2.32. The number of rotatable bonds is 6. The average molecular weight is 630 g/mol. The zero-order valence-corrected chi connectivity index (χ0v) is 24.6. The van der Waals surface area contributed by atoms with Crippen LogP contribution in [0.15, 0.2) is 42.6 Å². The number of fused-ring (bicyclic) bond motifs is 2. The van der Waals surface area contributed by atoms with E-state index in [0.29, 0.717) is 36.6 Å². The van der Waals surface area contributed by atoms with Gasteiger partial charge in [0.15, 0.2) is 11.5 Å². The quantitative estimate of drug-likeness (QED) is 0.211. The van der Waals surface area contributed by atoms with Crippen LogP contribution < -0.4 is 10.6 Å². The predicted octanol–water partition coefficient (Wildman–Crippen LogP) is 5.64. The van der Waals surface area contributed by atoms with E-state index in [4.69, 9.17) is 4.74 Å². The number of nitrogens with zero attached hydrogens (tertiary/aromatic N) is 3. The van der Waals surface area contributed by atoms with Gasteiger partial charge in [-0.25, -0.2) is 23.1 Å². The number of aromatic nitrogens is 3. The van der Waals surface area contributed by atoms with Crippen LogP contribution in [0.3, 0.4) is 0 Å². The maximum absolute atomic E-state index is 14.5. The van der Waals surface area contributed by atoms with Crippen molar-refractivity contribution in [3.63, 3.8) is 0 Å². The number of hydrogen-bond donors (Lipinski definition) is 2. The van der Waals surface area contributed by atoms with Gasteiger partial charge in [-0.2, -0.15) is 18.3 Å². The highest BCUT2D eigenvalue weighted by atomic mass is 19.4. The Morgan fingerprint density at radius 1 is 1.02 bits per heavy atom. The number of amides is 2. The summed E-state index contributed by atoms with van der Waals surface area (Å²) in [7, 11) is 0. The summed E-state index contributed by atoms with van der Waals surface area (Å²) in [6.07, 6.45) is -2.85. The summed E-state index contributed by atoms with van der Waals surface area (Å²) in [5, 5.41) is 8.98. The lowest BCUT2D eigenvalue weighted by Crippen LogP contribution is -2.31. The lowest BCUT2D eigenvalue weighted by Gasteiger charge is -2.21. The Balaban J connectivity index is 1.38. The first-order chi connectivity index (χ1) is 21.0. The van der Waals surface area contributed by atoms with Gasteiger partial charge in [-0.1, -0.05) is 6.07 Å². The third-order valence-corrected chi connectivity index (χ3v) is 7.32. The molecule has 0 fully saturated rings. The molecule has 5 rings (SSSR count). The second kappa shape index (κ2) is 11.6. The molecule has 236 valence electrons. The van der Waals surface area contributed by atoms with Gasteiger partial charge in [0.05, 0.1) is 23.4 Å². The smallest absolute Gasteiger partial charge is 0.416 e.